The Bertz CT molecular complexity index is 1230. The van der Waals surface area contributed by atoms with Gasteiger partial charge in [-0.1, -0.05) is 0 Å². The van der Waals surface area contributed by atoms with E-state index >= 15 is 0 Å². The van der Waals surface area contributed by atoms with Gasteiger partial charge in [0.15, 0.2) is 17.5 Å². The van der Waals surface area contributed by atoms with Crippen LogP contribution in [0, 0.1) is 18.6 Å². The summed E-state index contributed by atoms with van der Waals surface area (Å²) >= 11 is 0. The molecule has 2 atom stereocenters. The SMILES string of the molecule is COc1cc(F)c(F)cc1Cn1cc(CNc2nc(C)c3c(n2)N(C)[C@@H]([C@@H](C)O)C(=O)N3)cn1. The number of aliphatic hydroxyl groups is 1. The summed E-state index contributed by atoms with van der Waals surface area (Å²) in [4.78, 5) is 22.9. The molecule has 4 rings (SSSR count). The van der Waals surface area contributed by atoms with Crippen molar-refractivity contribution in [3.05, 3.63) is 53.0 Å². The maximum atomic E-state index is 13.7. The average Bonchev–Trinajstić information content (AvgIpc) is 3.22. The number of nitrogens with one attached hydrogen (secondary N) is 2. The number of halogens is 2. The number of aryl methyl sites for hydroxylation is 1. The van der Waals surface area contributed by atoms with Crippen LogP contribution in [0.2, 0.25) is 0 Å². The number of aliphatic hydroxyl groups excluding tert-OH is 1. The van der Waals surface area contributed by atoms with Crippen molar-refractivity contribution in [1.82, 2.24) is 19.7 Å². The second kappa shape index (κ2) is 9.21. The molecule has 0 radical (unpaired) electrons. The van der Waals surface area contributed by atoms with Gasteiger partial charge >= 0.3 is 0 Å². The normalized spacial score (nSPS) is 16.1. The van der Waals surface area contributed by atoms with Crippen LogP contribution >= 0.6 is 0 Å². The number of carbonyl (C=O) groups is 1. The predicted octanol–water partition coefficient (Wildman–Crippen LogP) is 2.07. The van der Waals surface area contributed by atoms with E-state index in [-0.39, 0.29) is 18.2 Å². The second-order valence-corrected chi connectivity index (χ2v) is 8.09. The molecule has 180 valence electrons. The van der Waals surface area contributed by atoms with Crippen LogP contribution in [0.1, 0.15) is 23.7 Å². The van der Waals surface area contributed by atoms with Crippen LogP contribution in [0.4, 0.5) is 26.2 Å². The van der Waals surface area contributed by atoms with Crippen LogP contribution in [-0.4, -0.2) is 57.1 Å². The van der Waals surface area contributed by atoms with Gasteiger partial charge in [-0.15, -0.1) is 0 Å². The molecule has 0 unspecified atom stereocenters. The van der Waals surface area contributed by atoms with E-state index in [1.165, 1.54) is 7.11 Å². The molecule has 3 aromatic rings. The third-order valence-electron chi connectivity index (χ3n) is 5.59. The summed E-state index contributed by atoms with van der Waals surface area (Å²) in [5.74, 6) is -1.17. The molecule has 0 spiro atoms. The van der Waals surface area contributed by atoms with E-state index in [0.717, 1.165) is 17.7 Å². The molecule has 1 aromatic carbocycles. The zero-order valence-electron chi connectivity index (χ0n) is 19.1. The van der Waals surface area contributed by atoms with Gasteiger partial charge in [0, 0.05) is 37.0 Å². The van der Waals surface area contributed by atoms with E-state index in [2.05, 4.69) is 25.7 Å². The quantitative estimate of drug-likeness (QED) is 0.478. The van der Waals surface area contributed by atoms with Gasteiger partial charge in [0.2, 0.25) is 11.9 Å². The maximum absolute atomic E-state index is 13.7. The number of methoxy groups -OCH3 is 1. The number of carbonyl (C=O) groups excluding carboxylic acids is 1. The Balaban J connectivity index is 1.48. The van der Waals surface area contributed by atoms with Gasteiger partial charge in [-0.05, 0) is 19.9 Å². The van der Waals surface area contributed by atoms with E-state index in [4.69, 9.17) is 4.74 Å². The summed E-state index contributed by atoms with van der Waals surface area (Å²) in [6.45, 7) is 3.85. The lowest BCUT2D eigenvalue weighted by Crippen LogP contribution is -2.52. The number of fused-ring (bicyclic) bond motifs is 1. The molecule has 10 nitrogen and oxygen atoms in total. The lowest BCUT2D eigenvalue weighted by atomic mass is 10.1. The molecule has 2 aromatic heterocycles. The van der Waals surface area contributed by atoms with E-state index < -0.39 is 23.8 Å². The lowest BCUT2D eigenvalue weighted by molar-refractivity contribution is -0.119. The number of anilines is 3. The number of ether oxygens (including phenoxy) is 1. The fraction of sp³-hybridized carbons (Fsp3) is 0.364. The molecule has 0 aliphatic carbocycles. The molecule has 3 heterocycles. The largest absolute Gasteiger partial charge is 0.496 e. The summed E-state index contributed by atoms with van der Waals surface area (Å²) in [6.07, 6.45) is 2.51. The Morgan fingerprint density at radius 2 is 2.03 bits per heavy atom. The average molecular weight is 473 g/mol. The molecule has 0 bridgehead atoms. The zero-order valence-corrected chi connectivity index (χ0v) is 19.1. The van der Waals surface area contributed by atoms with E-state index in [0.29, 0.717) is 35.3 Å². The fourth-order valence-electron chi connectivity index (χ4n) is 3.91. The van der Waals surface area contributed by atoms with Gasteiger partial charge in [0.05, 0.1) is 31.6 Å². The van der Waals surface area contributed by atoms with Crippen molar-refractivity contribution in [3.63, 3.8) is 0 Å². The van der Waals surface area contributed by atoms with E-state index in [1.54, 1.807) is 42.9 Å². The minimum atomic E-state index is -0.976. The highest BCUT2D eigenvalue weighted by Crippen LogP contribution is 2.33. The number of aromatic nitrogens is 4. The second-order valence-electron chi connectivity index (χ2n) is 8.09. The summed E-state index contributed by atoms with van der Waals surface area (Å²) < 4.78 is 33.8. The Morgan fingerprint density at radius 3 is 2.74 bits per heavy atom. The minimum Gasteiger partial charge on any atom is -0.496 e. The molecular weight excluding hydrogens is 448 g/mol. The Labute approximate surface area is 194 Å². The first-order valence-corrected chi connectivity index (χ1v) is 10.6. The molecule has 12 heteroatoms. The highest BCUT2D eigenvalue weighted by molar-refractivity contribution is 6.03. The van der Waals surface area contributed by atoms with Gasteiger partial charge in [0.25, 0.3) is 0 Å². The molecule has 0 saturated heterocycles. The van der Waals surface area contributed by atoms with Crippen molar-refractivity contribution in [2.75, 3.05) is 29.7 Å². The van der Waals surface area contributed by atoms with Gasteiger partial charge in [-0.3, -0.25) is 9.48 Å². The number of rotatable bonds is 7. The third kappa shape index (κ3) is 4.49. The number of amides is 1. The van der Waals surface area contributed by atoms with Gasteiger partial charge in [-0.2, -0.15) is 10.1 Å². The molecule has 3 N–H and O–H groups in total. The molecule has 0 saturated carbocycles. The number of likely N-dealkylation sites (N-methyl/N-ethyl adjacent to an activating group) is 1. The maximum Gasteiger partial charge on any atom is 0.249 e. The van der Waals surface area contributed by atoms with E-state index in [1.807, 2.05) is 0 Å². The number of hydrogen-bond acceptors (Lipinski definition) is 8. The molecule has 1 aliphatic rings. The van der Waals surface area contributed by atoms with Crippen LogP contribution in [0.25, 0.3) is 0 Å². The number of benzene rings is 1. The van der Waals surface area contributed by atoms with Crippen LogP contribution in [-0.2, 0) is 17.9 Å². The number of hydrogen-bond donors (Lipinski definition) is 3. The van der Waals surface area contributed by atoms with Gasteiger partial charge in [0.1, 0.15) is 17.5 Å². The van der Waals surface area contributed by atoms with Crippen LogP contribution in [0.5, 0.6) is 5.75 Å². The van der Waals surface area contributed by atoms with Crippen molar-refractivity contribution >= 4 is 23.4 Å². The third-order valence-corrected chi connectivity index (χ3v) is 5.59. The van der Waals surface area contributed by atoms with Crippen molar-refractivity contribution in [2.24, 2.45) is 0 Å². The van der Waals surface area contributed by atoms with Crippen LogP contribution in [0.3, 0.4) is 0 Å². The molecule has 1 aliphatic heterocycles. The zero-order chi connectivity index (χ0) is 24.6. The van der Waals surface area contributed by atoms with Crippen LogP contribution < -0.4 is 20.3 Å². The minimum absolute atomic E-state index is 0.194. The monoisotopic (exact) mass is 473 g/mol. The first kappa shape index (κ1) is 23.4. The predicted molar refractivity (Wildman–Crippen MR) is 121 cm³/mol. The summed E-state index contributed by atoms with van der Waals surface area (Å²) in [7, 11) is 3.09. The van der Waals surface area contributed by atoms with Gasteiger partial charge in [-0.25, -0.2) is 13.8 Å². The Hall–Kier alpha value is -3.80. The highest BCUT2D eigenvalue weighted by Gasteiger charge is 2.36. The fourth-order valence-corrected chi connectivity index (χ4v) is 3.91. The molecule has 34 heavy (non-hydrogen) atoms. The van der Waals surface area contributed by atoms with Crippen molar-refractivity contribution < 1.29 is 23.4 Å². The Morgan fingerprint density at radius 1 is 1.29 bits per heavy atom. The number of nitrogens with zero attached hydrogens (tertiary/aromatic N) is 5. The highest BCUT2D eigenvalue weighted by atomic mass is 19.2. The van der Waals surface area contributed by atoms with Gasteiger partial charge < -0.3 is 25.4 Å². The van der Waals surface area contributed by atoms with Crippen molar-refractivity contribution in [2.45, 2.75) is 39.1 Å². The molecular formula is C22H25F2N7O3. The Kier molecular flexibility index (Phi) is 6.33. The smallest absolute Gasteiger partial charge is 0.249 e. The molecule has 1 amide bonds. The van der Waals surface area contributed by atoms with Crippen molar-refractivity contribution in [3.8, 4) is 5.75 Å². The summed E-state index contributed by atoms with van der Waals surface area (Å²) in [6, 6.07) is 1.34. The van der Waals surface area contributed by atoms with E-state index in [9.17, 15) is 18.7 Å². The van der Waals surface area contributed by atoms with Crippen LogP contribution in [0.15, 0.2) is 24.5 Å². The lowest BCUT2D eigenvalue weighted by Gasteiger charge is -2.36. The topological polar surface area (TPSA) is 117 Å². The van der Waals surface area contributed by atoms with Crippen molar-refractivity contribution in [1.29, 1.82) is 0 Å². The first-order chi connectivity index (χ1) is 16.2. The summed E-state index contributed by atoms with van der Waals surface area (Å²) in [5.41, 5.74) is 2.35. The summed E-state index contributed by atoms with van der Waals surface area (Å²) in [5, 5.41) is 20.2. The first-order valence-electron chi connectivity index (χ1n) is 10.6. The standard InChI is InChI=1S/C22H25F2N7O3/c1-11-18-20(30(3)19(12(2)32)21(33)28-18)29-22(27-11)25-7-13-8-26-31(9-13)10-14-5-15(23)16(24)6-17(14)34-4/h5-6,8-9,12,19,32H,7,10H2,1-4H3,(H,28,33)(H,25,27,29)/t12-,19+/m1/s1. The molecule has 0 fully saturated rings.